The van der Waals surface area contributed by atoms with Gasteiger partial charge in [0.05, 0.1) is 10.8 Å². The lowest BCUT2D eigenvalue weighted by molar-refractivity contribution is -0.385. The van der Waals surface area contributed by atoms with E-state index in [0.717, 1.165) is 0 Å². The van der Waals surface area contributed by atoms with Crippen LogP contribution in [0.15, 0.2) is 12.3 Å². The summed E-state index contributed by atoms with van der Waals surface area (Å²) in [5.41, 5.74) is 0.656. The summed E-state index contributed by atoms with van der Waals surface area (Å²) in [6, 6.07) is 1.45. The lowest BCUT2D eigenvalue weighted by Gasteiger charge is -2.09. The van der Waals surface area contributed by atoms with Gasteiger partial charge in [-0.05, 0) is 25.3 Å². The molecule has 0 bridgehead atoms. The molecule has 0 aliphatic carbocycles. The molecule has 0 saturated heterocycles. The Kier molecular flexibility index (Phi) is 5.23. The maximum Gasteiger partial charge on any atom is 0.306 e. The first-order chi connectivity index (χ1) is 8.91. The van der Waals surface area contributed by atoms with E-state index in [2.05, 4.69) is 10.3 Å². The number of anilines is 1. The molecule has 0 radical (unpaired) electrons. The molecule has 7 nitrogen and oxygen atoms in total. The minimum absolute atomic E-state index is 0.0393. The smallest absolute Gasteiger partial charge is 0.306 e. The molecule has 1 aromatic heterocycles. The topological polar surface area (TPSA) is 105 Å². The van der Waals surface area contributed by atoms with Crippen LogP contribution in [0.25, 0.3) is 0 Å². The number of aromatic nitrogens is 1. The summed E-state index contributed by atoms with van der Waals surface area (Å²) in [5.74, 6) is -0.578. The Morgan fingerprint density at radius 1 is 1.63 bits per heavy atom. The van der Waals surface area contributed by atoms with Crippen LogP contribution in [0.4, 0.5) is 11.5 Å². The zero-order chi connectivity index (χ0) is 14.4. The van der Waals surface area contributed by atoms with E-state index in [-0.39, 0.29) is 11.6 Å². The van der Waals surface area contributed by atoms with E-state index in [1.165, 1.54) is 12.3 Å². The van der Waals surface area contributed by atoms with Crippen molar-refractivity contribution in [2.24, 2.45) is 5.92 Å². The Hall–Kier alpha value is -2.18. The van der Waals surface area contributed by atoms with Crippen molar-refractivity contribution in [3.63, 3.8) is 0 Å². The number of hydrogen-bond donors (Lipinski definition) is 2. The van der Waals surface area contributed by atoms with Crippen LogP contribution in [0.2, 0.25) is 0 Å². The third-order valence-corrected chi connectivity index (χ3v) is 2.80. The number of hydrogen-bond acceptors (Lipinski definition) is 5. The first-order valence-electron chi connectivity index (χ1n) is 5.99. The van der Waals surface area contributed by atoms with Crippen molar-refractivity contribution in [2.45, 2.75) is 26.7 Å². The zero-order valence-corrected chi connectivity index (χ0v) is 10.9. The number of carbonyl (C=O) groups is 1. The van der Waals surface area contributed by atoms with Crippen molar-refractivity contribution >= 4 is 17.5 Å². The fourth-order valence-electron chi connectivity index (χ4n) is 1.58. The predicted molar refractivity (Wildman–Crippen MR) is 70.2 cm³/mol. The molecule has 104 valence electrons. The minimum atomic E-state index is -0.801. The van der Waals surface area contributed by atoms with Gasteiger partial charge in [-0.1, -0.05) is 6.92 Å². The summed E-state index contributed by atoms with van der Waals surface area (Å²) < 4.78 is 0. The molecule has 1 heterocycles. The third kappa shape index (κ3) is 4.53. The molecule has 0 amide bonds. The van der Waals surface area contributed by atoms with E-state index < -0.39 is 10.9 Å². The van der Waals surface area contributed by atoms with E-state index in [1.807, 2.05) is 0 Å². The van der Waals surface area contributed by atoms with Crippen LogP contribution in [-0.2, 0) is 4.79 Å². The van der Waals surface area contributed by atoms with Gasteiger partial charge in [0.2, 0.25) is 0 Å². The van der Waals surface area contributed by atoms with Crippen LogP contribution in [0.5, 0.6) is 0 Å². The monoisotopic (exact) mass is 267 g/mol. The van der Waals surface area contributed by atoms with Crippen LogP contribution in [-0.4, -0.2) is 27.5 Å². The number of aliphatic carboxylic acids is 1. The SMILES string of the molecule is Cc1cc([N+](=O)[O-])cnc1NCCCC(C)C(=O)O. The Balaban J connectivity index is 2.46. The number of aryl methyl sites for hydroxylation is 1. The van der Waals surface area contributed by atoms with Gasteiger partial charge in [-0.15, -0.1) is 0 Å². The predicted octanol–water partition coefficient (Wildman–Crippen LogP) is 2.21. The lowest BCUT2D eigenvalue weighted by atomic mass is 10.1. The van der Waals surface area contributed by atoms with Gasteiger partial charge >= 0.3 is 5.97 Å². The van der Waals surface area contributed by atoms with Gasteiger partial charge in [-0.2, -0.15) is 0 Å². The van der Waals surface area contributed by atoms with Crippen LogP contribution in [0.3, 0.4) is 0 Å². The molecule has 0 saturated carbocycles. The molecule has 7 heteroatoms. The van der Waals surface area contributed by atoms with Gasteiger partial charge in [0.15, 0.2) is 0 Å². The summed E-state index contributed by atoms with van der Waals surface area (Å²) in [5, 5.41) is 22.3. The first kappa shape index (κ1) is 14.9. The summed E-state index contributed by atoms with van der Waals surface area (Å²) >= 11 is 0. The van der Waals surface area contributed by atoms with Gasteiger partial charge in [0, 0.05) is 12.6 Å². The highest BCUT2D eigenvalue weighted by Gasteiger charge is 2.11. The summed E-state index contributed by atoms with van der Waals surface area (Å²) in [6.07, 6.45) is 2.48. The van der Waals surface area contributed by atoms with Gasteiger partial charge in [0.25, 0.3) is 5.69 Å². The number of nitrogens with one attached hydrogen (secondary N) is 1. The molecule has 19 heavy (non-hydrogen) atoms. The van der Waals surface area contributed by atoms with Crippen LogP contribution >= 0.6 is 0 Å². The quantitative estimate of drug-likeness (QED) is 0.445. The molecule has 2 N–H and O–H groups in total. The molecule has 0 fully saturated rings. The maximum absolute atomic E-state index is 10.6. The molecular formula is C12H17N3O4. The molecule has 1 rings (SSSR count). The number of rotatable bonds is 7. The van der Waals surface area contributed by atoms with Gasteiger partial charge in [-0.25, -0.2) is 4.98 Å². The number of nitrogens with zero attached hydrogens (tertiary/aromatic N) is 2. The van der Waals surface area contributed by atoms with Gasteiger partial charge in [0.1, 0.15) is 12.0 Å². The molecule has 1 atom stereocenters. The van der Waals surface area contributed by atoms with Crippen molar-refractivity contribution < 1.29 is 14.8 Å². The Bertz CT molecular complexity index is 476. The second-order valence-corrected chi connectivity index (χ2v) is 4.42. The van der Waals surface area contributed by atoms with Gasteiger partial charge < -0.3 is 10.4 Å². The van der Waals surface area contributed by atoms with Crippen molar-refractivity contribution in [1.29, 1.82) is 0 Å². The maximum atomic E-state index is 10.6. The average Bonchev–Trinajstić information content (AvgIpc) is 2.35. The fourth-order valence-corrected chi connectivity index (χ4v) is 1.58. The lowest BCUT2D eigenvalue weighted by Crippen LogP contribution is -2.12. The van der Waals surface area contributed by atoms with Crippen molar-refractivity contribution in [3.05, 3.63) is 27.9 Å². The normalized spacial score (nSPS) is 11.9. The number of carboxylic acids is 1. The standard InChI is InChI=1S/C12H17N3O4/c1-8(12(16)17)4-3-5-13-11-9(2)6-10(7-14-11)15(18)19/h6-8H,3-5H2,1-2H3,(H,13,14)(H,16,17). The fraction of sp³-hybridized carbons (Fsp3) is 0.500. The van der Waals surface area contributed by atoms with Crippen molar-refractivity contribution in [3.8, 4) is 0 Å². The van der Waals surface area contributed by atoms with Crippen molar-refractivity contribution in [2.75, 3.05) is 11.9 Å². The highest BCUT2D eigenvalue weighted by molar-refractivity contribution is 5.69. The molecule has 1 aromatic rings. The summed E-state index contributed by atoms with van der Waals surface area (Å²) in [4.78, 5) is 24.7. The number of carboxylic acid groups (broad SMARTS) is 1. The Labute approximate surface area is 110 Å². The number of nitro groups is 1. The van der Waals surface area contributed by atoms with E-state index in [0.29, 0.717) is 30.8 Å². The average molecular weight is 267 g/mol. The summed E-state index contributed by atoms with van der Waals surface area (Å²) in [7, 11) is 0. The Morgan fingerprint density at radius 3 is 2.84 bits per heavy atom. The van der Waals surface area contributed by atoms with Crippen molar-refractivity contribution in [1.82, 2.24) is 4.98 Å². The Morgan fingerprint density at radius 2 is 2.32 bits per heavy atom. The van der Waals surface area contributed by atoms with E-state index in [4.69, 9.17) is 5.11 Å². The summed E-state index contributed by atoms with van der Waals surface area (Å²) in [6.45, 7) is 3.99. The molecule has 0 aliphatic rings. The van der Waals surface area contributed by atoms with E-state index in [1.54, 1.807) is 13.8 Å². The second kappa shape index (κ2) is 6.67. The third-order valence-electron chi connectivity index (χ3n) is 2.80. The van der Waals surface area contributed by atoms with Crippen LogP contribution in [0, 0.1) is 23.0 Å². The highest BCUT2D eigenvalue weighted by atomic mass is 16.6. The molecule has 0 aromatic carbocycles. The van der Waals surface area contributed by atoms with E-state index >= 15 is 0 Å². The first-order valence-corrected chi connectivity index (χ1v) is 5.99. The van der Waals surface area contributed by atoms with Crippen LogP contribution in [0.1, 0.15) is 25.3 Å². The molecular weight excluding hydrogens is 250 g/mol. The van der Waals surface area contributed by atoms with Crippen LogP contribution < -0.4 is 5.32 Å². The van der Waals surface area contributed by atoms with E-state index in [9.17, 15) is 14.9 Å². The number of pyridine rings is 1. The second-order valence-electron chi connectivity index (χ2n) is 4.42. The molecule has 0 aliphatic heterocycles. The highest BCUT2D eigenvalue weighted by Crippen LogP contribution is 2.18. The molecule has 0 spiro atoms. The largest absolute Gasteiger partial charge is 0.481 e. The van der Waals surface area contributed by atoms with Gasteiger partial charge in [-0.3, -0.25) is 14.9 Å². The zero-order valence-electron chi connectivity index (χ0n) is 10.9. The minimum Gasteiger partial charge on any atom is -0.481 e. The molecule has 1 unspecified atom stereocenters.